The van der Waals surface area contributed by atoms with E-state index >= 15 is 0 Å². The van der Waals surface area contributed by atoms with E-state index in [-0.39, 0.29) is 0 Å². The number of aromatic nitrogens is 2. The molecule has 1 fully saturated rings. The first-order chi connectivity index (χ1) is 9.67. The van der Waals surface area contributed by atoms with E-state index in [9.17, 15) is 0 Å². The van der Waals surface area contributed by atoms with Gasteiger partial charge in [-0.1, -0.05) is 30.1 Å². The molecule has 1 saturated carbocycles. The largest absolute Gasteiger partial charge is 0.309 e. The molecule has 106 valence electrons. The summed E-state index contributed by atoms with van der Waals surface area (Å²) in [7, 11) is 0. The lowest BCUT2D eigenvalue weighted by Crippen LogP contribution is -2.15. The fourth-order valence-corrected chi connectivity index (χ4v) is 3.63. The number of hydrogen-bond donors (Lipinski definition) is 1. The second-order valence-corrected chi connectivity index (χ2v) is 6.81. The minimum atomic E-state index is 0.543. The molecule has 1 N–H and O–H groups in total. The Bertz CT molecular complexity index is 623. The van der Waals surface area contributed by atoms with Gasteiger partial charge in [0.05, 0.1) is 15.7 Å². The molecule has 0 aromatic carbocycles. The lowest BCUT2D eigenvalue weighted by atomic mass is 10.3. The number of nitrogens with zero attached hydrogens (tertiary/aromatic N) is 2. The zero-order valence-electron chi connectivity index (χ0n) is 11.1. The van der Waals surface area contributed by atoms with Gasteiger partial charge in [-0.25, -0.2) is 4.98 Å². The van der Waals surface area contributed by atoms with Crippen molar-refractivity contribution in [3.8, 4) is 10.7 Å². The summed E-state index contributed by atoms with van der Waals surface area (Å²) in [5.41, 5.74) is 1.85. The first-order valence-electron chi connectivity index (χ1n) is 6.70. The highest BCUT2D eigenvalue weighted by atomic mass is 35.5. The Morgan fingerprint density at radius 2 is 2.20 bits per heavy atom. The van der Waals surface area contributed by atoms with Gasteiger partial charge in [-0.15, -0.1) is 11.3 Å². The van der Waals surface area contributed by atoms with Crippen LogP contribution >= 0.6 is 34.5 Å². The fourth-order valence-electron chi connectivity index (χ4n) is 2.00. The maximum Gasteiger partial charge on any atom is 0.143 e. The third-order valence-electron chi connectivity index (χ3n) is 3.25. The number of aryl methyl sites for hydroxylation is 1. The van der Waals surface area contributed by atoms with Crippen LogP contribution in [0.15, 0.2) is 12.3 Å². The second kappa shape index (κ2) is 5.98. The summed E-state index contributed by atoms with van der Waals surface area (Å²) in [6.45, 7) is 3.01. The molecule has 0 spiro atoms. The van der Waals surface area contributed by atoms with Crippen molar-refractivity contribution in [3.05, 3.63) is 32.9 Å². The van der Waals surface area contributed by atoms with Crippen LogP contribution < -0.4 is 5.32 Å². The lowest BCUT2D eigenvalue weighted by molar-refractivity contribution is 0.689. The molecule has 3 rings (SSSR count). The van der Waals surface area contributed by atoms with Crippen molar-refractivity contribution in [1.29, 1.82) is 0 Å². The van der Waals surface area contributed by atoms with Gasteiger partial charge in [-0.2, -0.15) is 0 Å². The number of hydrogen-bond acceptors (Lipinski definition) is 4. The summed E-state index contributed by atoms with van der Waals surface area (Å²) in [6.07, 6.45) is 5.11. The second-order valence-electron chi connectivity index (χ2n) is 4.88. The quantitative estimate of drug-likeness (QED) is 0.888. The third-order valence-corrected chi connectivity index (χ3v) is 4.85. The summed E-state index contributed by atoms with van der Waals surface area (Å²) in [5, 5.41) is 5.50. The highest BCUT2D eigenvalue weighted by molar-refractivity contribution is 7.15. The van der Waals surface area contributed by atoms with Gasteiger partial charge >= 0.3 is 0 Å². The van der Waals surface area contributed by atoms with E-state index < -0.39 is 0 Å². The smallest absolute Gasteiger partial charge is 0.143 e. The van der Waals surface area contributed by atoms with Crippen LogP contribution in [0.5, 0.6) is 0 Å². The Balaban J connectivity index is 1.88. The van der Waals surface area contributed by atoms with Gasteiger partial charge in [0, 0.05) is 23.7 Å². The summed E-state index contributed by atoms with van der Waals surface area (Å²) < 4.78 is 0. The van der Waals surface area contributed by atoms with Crippen molar-refractivity contribution in [2.75, 3.05) is 0 Å². The molecular formula is C14H15Cl2N3S. The molecule has 2 aromatic rings. The molecule has 0 saturated heterocycles. The molecule has 3 nitrogen and oxygen atoms in total. The Kier molecular flexibility index (Phi) is 4.26. The van der Waals surface area contributed by atoms with Crippen LogP contribution in [0, 0.1) is 0 Å². The van der Waals surface area contributed by atoms with Crippen LogP contribution in [0.2, 0.25) is 10.0 Å². The summed E-state index contributed by atoms with van der Waals surface area (Å²) >= 11 is 13.8. The van der Waals surface area contributed by atoms with Crippen molar-refractivity contribution >= 4 is 34.5 Å². The van der Waals surface area contributed by atoms with Crippen LogP contribution in [-0.4, -0.2) is 16.0 Å². The zero-order valence-corrected chi connectivity index (χ0v) is 13.4. The Morgan fingerprint density at radius 3 is 2.85 bits per heavy atom. The Morgan fingerprint density at radius 1 is 1.40 bits per heavy atom. The molecule has 0 atom stereocenters. The number of halogens is 2. The average Bonchev–Trinajstić information content (AvgIpc) is 3.16. The van der Waals surface area contributed by atoms with Crippen molar-refractivity contribution in [1.82, 2.24) is 15.3 Å². The molecule has 1 aliphatic rings. The predicted octanol–water partition coefficient (Wildman–Crippen LogP) is 4.33. The Hall–Kier alpha value is -0.680. The van der Waals surface area contributed by atoms with Crippen molar-refractivity contribution in [2.24, 2.45) is 0 Å². The van der Waals surface area contributed by atoms with Crippen molar-refractivity contribution in [3.63, 3.8) is 0 Å². The molecule has 0 amide bonds. The molecule has 0 aliphatic heterocycles. The standard InChI is InChI=1S/C14H15Cl2N3S/c1-2-11-12(7-17-9-3-4-9)20-14(19-11)13-10(16)5-8(15)6-18-13/h5-6,9,17H,2-4,7H2,1H3. The monoisotopic (exact) mass is 327 g/mol. The van der Waals surface area contributed by atoms with Crippen LogP contribution in [0.4, 0.5) is 0 Å². The average molecular weight is 328 g/mol. The fraction of sp³-hybridized carbons (Fsp3) is 0.429. The summed E-state index contributed by atoms with van der Waals surface area (Å²) in [4.78, 5) is 10.3. The maximum absolute atomic E-state index is 6.21. The number of pyridine rings is 1. The van der Waals surface area contributed by atoms with Crippen LogP contribution in [0.3, 0.4) is 0 Å². The highest BCUT2D eigenvalue weighted by Crippen LogP contribution is 2.33. The maximum atomic E-state index is 6.21. The molecule has 0 unspecified atom stereocenters. The molecule has 2 aromatic heterocycles. The third kappa shape index (κ3) is 3.14. The summed E-state index contributed by atoms with van der Waals surface area (Å²) in [6, 6.07) is 2.41. The van der Waals surface area contributed by atoms with Gasteiger partial charge in [0.15, 0.2) is 0 Å². The van der Waals surface area contributed by atoms with Gasteiger partial charge in [-0.3, -0.25) is 4.98 Å². The predicted molar refractivity (Wildman–Crippen MR) is 84.6 cm³/mol. The zero-order chi connectivity index (χ0) is 14.1. The number of nitrogens with one attached hydrogen (secondary N) is 1. The van der Waals surface area contributed by atoms with Gasteiger partial charge in [0.1, 0.15) is 10.7 Å². The molecule has 0 radical (unpaired) electrons. The van der Waals surface area contributed by atoms with E-state index in [1.165, 1.54) is 17.7 Å². The molecular weight excluding hydrogens is 313 g/mol. The van der Waals surface area contributed by atoms with Crippen molar-refractivity contribution in [2.45, 2.75) is 38.8 Å². The van der Waals surface area contributed by atoms with Gasteiger partial charge in [0.2, 0.25) is 0 Å². The number of thiazole rings is 1. The van der Waals surface area contributed by atoms with E-state index in [0.717, 1.165) is 23.7 Å². The van der Waals surface area contributed by atoms with Crippen LogP contribution in [0.25, 0.3) is 10.7 Å². The van der Waals surface area contributed by atoms with E-state index in [4.69, 9.17) is 23.2 Å². The normalized spacial score (nSPS) is 14.8. The van der Waals surface area contributed by atoms with Gasteiger partial charge in [-0.05, 0) is 25.3 Å². The molecule has 20 heavy (non-hydrogen) atoms. The molecule has 2 heterocycles. The Labute approximate surface area is 132 Å². The minimum Gasteiger partial charge on any atom is -0.309 e. The molecule has 1 aliphatic carbocycles. The van der Waals surface area contributed by atoms with Gasteiger partial charge in [0.25, 0.3) is 0 Å². The number of rotatable bonds is 5. The van der Waals surface area contributed by atoms with Crippen molar-refractivity contribution < 1.29 is 0 Å². The van der Waals surface area contributed by atoms with E-state index in [1.807, 2.05) is 0 Å². The topological polar surface area (TPSA) is 37.8 Å². The SMILES string of the molecule is CCc1nc(-c2ncc(Cl)cc2Cl)sc1CNC1CC1. The van der Waals surface area contributed by atoms with Gasteiger partial charge < -0.3 is 5.32 Å². The molecule has 6 heteroatoms. The highest BCUT2D eigenvalue weighted by Gasteiger charge is 2.22. The summed E-state index contributed by atoms with van der Waals surface area (Å²) in [5.74, 6) is 0. The van der Waals surface area contributed by atoms with E-state index in [0.29, 0.717) is 21.8 Å². The molecule has 0 bridgehead atoms. The lowest BCUT2D eigenvalue weighted by Gasteiger charge is -2.00. The van der Waals surface area contributed by atoms with Crippen LogP contribution in [-0.2, 0) is 13.0 Å². The van der Waals surface area contributed by atoms with E-state index in [1.54, 1.807) is 23.6 Å². The van der Waals surface area contributed by atoms with Crippen LogP contribution in [0.1, 0.15) is 30.3 Å². The minimum absolute atomic E-state index is 0.543. The first-order valence-corrected chi connectivity index (χ1v) is 8.28. The van der Waals surface area contributed by atoms with E-state index in [2.05, 4.69) is 22.2 Å². The first kappa shape index (κ1) is 14.3.